The topological polar surface area (TPSA) is 84.7 Å². The smallest absolute Gasteiger partial charge is 0.239 e. The molecule has 0 saturated heterocycles. The van der Waals surface area contributed by atoms with Crippen molar-refractivity contribution < 1.29 is 4.79 Å². The first kappa shape index (κ1) is 15.1. The molecule has 2 aromatic rings. The molecule has 0 aliphatic heterocycles. The van der Waals surface area contributed by atoms with Gasteiger partial charge in [0.2, 0.25) is 5.91 Å². The molecule has 2 aromatic heterocycles. The fourth-order valence-electron chi connectivity index (χ4n) is 2.00. The number of rotatable bonds is 6. The maximum absolute atomic E-state index is 11.8. The van der Waals surface area contributed by atoms with Crippen LogP contribution in [0.2, 0.25) is 0 Å². The number of carbonyl (C=O) groups is 1. The zero-order valence-electron chi connectivity index (χ0n) is 12.5. The highest BCUT2D eigenvalue weighted by molar-refractivity contribution is 5.91. The first-order valence-corrected chi connectivity index (χ1v) is 6.85. The van der Waals surface area contributed by atoms with Crippen molar-refractivity contribution in [2.24, 2.45) is 0 Å². The molecule has 0 spiro atoms. The van der Waals surface area contributed by atoms with Gasteiger partial charge >= 0.3 is 0 Å². The number of nitrogens with zero attached hydrogens (tertiary/aromatic N) is 4. The van der Waals surface area contributed by atoms with Crippen molar-refractivity contribution >= 4 is 11.7 Å². The van der Waals surface area contributed by atoms with Gasteiger partial charge in [-0.25, -0.2) is 4.98 Å². The van der Waals surface area contributed by atoms with Gasteiger partial charge in [-0.1, -0.05) is 0 Å². The molecule has 112 valence electrons. The summed E-state index contributed by atoms with van der Waals surface area (Å²) in [6.07, 6.45) is 4.61. The summed E-state index contributed by atoms with van der Waals surface area (Å²) in [5.74, 6) is 0.311. The van der Waals surface area contributed by atoms with E-state index in [1.165, 1.54) is 12.4 Å². The molecule has 7 nitrogen and oxygen atoms in total. The van der Waals surface area contributed by atoms with E-state index in [2.05, 4.69) is 25.7 Å². The van der Waals surface area contributed by atoms with Crippen molar-refractivity contribution in [3.05, 3.63) is 36.0 Å². The Morgan fingerprint density at radius 1 is 1.38 bits per heavy atom. The highest BCUT2D eigenvalue weighted by Gasteiger charge is 2.09. The van der Waals surface area contributed by atoms with Gasteiger partial charge in [0.25, 0.3) is 0 Å². The highest BCUT2D eigenvalue weighted by atomic mass is 16.2. The maximum Gasteiger partial charge on any atom is 0.239 e. The second-order valence-corrected chi connectivity index (χ2v) is 5.03. The van der Waals surface area contributed by atoms with E-state index in [-0.39, 0.29) is 18.5 Å². The van der Waals surface area contributed by atoms with Gasteiger partial charge < -0.3 is 10.6 Å². The third kappa shape index (κ3) is 4.64. The van der Waals surface area contributed by atoms with Gasteiger partial charge in [-0.15, -0.1) is 0 Å². The van der Waals surface area contributed by atoms with E-state index in [0.717, 1.165) is 17.9 Å². The standard InChI is InChI=1S/C14H20N6O/c1-10-6-12(3)20(19-10)9-11(2)17-8-14(21)18-13-7-15-4-5-16-13/h4-7,11,17H,8-9H2,1-3H3,(H,16,18,21)/t11-/m1/s1. The molecule has 1 amide bonds. The van der Waals surface area contributed by atoms with E-state index in [1.54, 1.807) is 6.20 Å². The van der Waals surface area contributed by atoms with Crippen molar-refractivity contribution in [3.8, 4) is 0 Å². The maximum atomic E-state index is 11.8. The van der Waals surface area contributed by atoms with Crippen LogP contribution in [-0.2, 0) is 11.3 Å². The van der Waals surface area contributed by atoms with E-state index >= 15 is 0 Å². The summed E-state index contributed by atoms with van der Waals surface area (Å²) in [4.78, 5) is 19.7. The summed E-state index contributed by atoms with van der Waals surface area (Å²) in [5, 5.41) is 10.2. The van der Waals surface area contributed by atoms with E-state index in [4.69, 9.17) is 0 Å². The monoisotopic (exact) mass is 288 g/mol. The number of anilines is 1. The lowest BCUT2D eigenvalue weighted by molar-refractivity contribution is -0.115. The fraction of sp³-hybridized carbons (Fsp3) is 0.429. The minimum atomic E-state index is -0.143. The molecule has 0 aromatic carbocycles. The number of carbonyl (C=O) groups excluding carboxylic acids is 1. The Bertz CT molecular complexity index is 595. The normalized spacial score (nSPS) is 12.1. The minimum Gasteiger partial charge on any atom is -0.308 e. The van der Waals surface area contributed by atoms with Crippen LogP contribution in [0.25, 0.3) is 0 Å². The van der Waals surface area contributed by atoms with Gasteiger partial charge in [-0.05, 0) is 26.8 Å². The van der Waals surface area contributed by atoms with Crippen LogP contribution >= 0.6 is 0 Å². The second-order valence-electron chi connectivity index (χ2n) is 5.03. The molecule has 0 aliphatic carbocycles. The van der Waals surface area contributed by atoms with Crippen molar-refractivity contribution in [2.75, 3.05) is 11.9 Å². The number of hydrogen-bond acceptors (Lipinski definition) is 5. The van der Waals surface area contributed by atoms with Crippen LogP contribution in [0, 0.1) is 13.8 Å². The lowest BCUT2D eigenvalue weighted by Gasteiger charge is -2.14. The molecule has 2 rings (SSSR count). The Morgan fingerprint density at radius 3 is 2.81 bits per heavy atom. The number of hydrogen-bond donors (Lipinski definition) is 2. The van der Waals surface area contributed by atoms with Crippen molar-refractivity contribution in [2.45, 2.75) is 33.4 Å². The summed E-state index contributed by atoms with van der Waals surface area (Å²) in [7, 11) is 0. The van der Waals surface area contributed by atoms with E-state index in [1.807, 2.05) is 31.5 Å². The van der Waals surface area contributed by atoms with Gasteiger partial charge in [0.1, 0.15) is 0 Å². The van der Waals surface area contributed by atoms with E-state index in [9.17, 15) is 4.79 Å². The number of aryl methyl sites for hydroxylation is 2. The van der Waals surface area contributed by atoms with Crippen LogP contribution < -0.4 is 10.6 Å². The highest BCUT2D eigenvalue weighted by Crippen LogP contribution is 2.03. The molecule has 0 fully saturated rings. The summed E-state index contributed by atoms with van der Waals surface area (Å²) < 4.78 is 1.94. The molecule has 0 radical (unpaired) electrons. The Hall–Kier alpha value is -2.28. The Balaban J connectivity index is 1.77. The van der Waals surface area contributed by atoms with Crippen LogP contribution in [-0.4, -0.2) is 38.2 Å². The number of aromatic nitrogens is 4. The van der Waals surface area contributed by atoms with Crippen molar-refractivity contribution in [1.29, 1.82) is 0 Å². The predicted octanol–water partition coefficient (Wildman–Crippen LogP) is 0.907. The minimum absolute atomic E-state index is 0.135. The van der Waals surface area contributed by atoms with E-state index < -0.39 is 0 Å². The van der Waals surface area contributed by atoms with Crippen molar-refractivity contribution in [3.63, 3.8) is 0 Å². The van der Waals surface area contributed by atoms with Crippen LogP contribution in [0.1, 0.15) is 18.3 Å². The summed E-state index contributed by atoms with van der Waals surface area (Å²) >= 11 is 0. The third-order valence-corrected chi connectivity index (χ3v) is 2.99. The summed E-state index contributed by atoms with van der Waals surface area (Å²) in [6.45, 7) is 6.95. The van der Waals surface area contributed by atoms with Gasteiger partial charge in [0.05, 0.1) is 25.0 Å². The number of nitrogens with one attached hydrogen (secondary N) is 2. The molecule has 7 heteroatoms. The lowest BCUT2D eigenvalue weighted by atomic mass is 10.3. The molecular weight excluding hydrogens is 268 g/mol. The van der Waals surface area contributed by atoms with Crippen molar-refractivity contribution in [1.82, 2.24) is 25.1 Å². The molecule has 0 unspecified atom stereocenters. The third-order valence-electron chi connectivity index (χ3n) is 2.99. The van der Waals surface area contributed by atoms with Crippen LogP contribution in [0.5, 0.6) is 0 Å². The van der Waals surface area contributed by atoms with Gasteiger partial charge in [-0.3, -0.25) is 14.5 Å². The molecular formula is C14H20N6O. The fourth-order valence-corrected chi connectivity index (χ4v) is 2.00. The van der Waals surface area contributed by atoms with Crippen LogP contribution in [0.3, 0.4) is 0 Å². The van der Waals surface area contributed by atoms with Gasteiger partial charge in [0.15, 0.2) is 5.82 Å². The Morgan fingerprint density at radius 2 is 2.19 bits per heavy atom. The Labute approximate surface area is 123 Å². The first-order chi connectivity index (χ1) is 10.0. The Kier molecular flexibility index (Phi) is 4.99. The number of amides is 1. The molecule has 1 atom stereocenters. The van der Waals surface area contributed by atoms with Gasteiger partial charge in [-0.2, -0.15) is 5.10 Å². The first-order valence-electron chi connectivity index (χ1n) is 6.85. The average molecular weight is 288 g/mol. The molecule has 0 aliphatic rings. The van der Waals surface area contributed by atoms with E-state index in [0.29, 0.717) is 5.82 Å². The van der Waals surface area contributed by atoms with Gasteiger partial charge in [0, 0.05) is 24.1 Å². The zero-order chi connectivity index (χ0) is 15.2. The quantitative estimate of drug-likeness (QED) is 0.825. The van der Waals surface area contributed by atoms with Crippen LogP contribution in [0.15, 0.2) is 24.7 Å². The summed E-state index contributed by atoms with van der Waals surface area (Å²) in [6, 6.07) is 2.17. The molecule has 0 saturated carbocycles. The largest absolute Gasteiger partial charge is 0.308 e. The molecule has 21 heavy (non-hydrogen) atoms. The molecule has 2 heterocycles. The lowest BCUT2D eigenvalue weighted by Crippen LogP contribution is -2.37. The molecule has 2 N–H and O–H groups in total. The SMILES string of the molecule is Cc1cc(C)n(C[C@@H](C)NCC(=O)Nc2cnccn2)n1. The average Bonchev–Trinajstić information content (AvgIpc) is 2.76. The molecule has 0 bridgehead atoms. The second kappa shape index (κ2) is 6.94. The predicted molar refractivity (Wildman–Crippen MR) is 79.8 cm³/mol. The summed E-state index contributed by atoms with van der Waals surface area (Å²) in [5.41, 5.74) is 2.12. The van der Waals surface area contributed by atoms with Crippen LogP contribution in [0.4, 0.5) is 5.82 Å². The zero-order valence-corrected chi connectivity index (χ0v) is 12.5.